The number of hydrogen-bond acceptors (Lipinski definition) is 3. The predicted molar refractivity (Wildman–Crippen MR) is 150 cm³/mol. The Morgan fingerprint density at radius 1 is 0.472 bits per heavy atom. The molecule has 3 fully saturated rings. The van der Waals surface area contributed by atoms with Crippen LogP contribution >= 0.6 is 0 Å². The van der Waals surface area contributed by atoms with Gasteiger partial charge in [0, 0.05) is 54.0 Å². The van der Waals surface area contributed by atoms with Gasteiger partial charge in [-0.3, -0.25) is 14.7 Å². The van der Waals surface area contributed by atoms with E-state index < -0.39 is 18.5 Å². The van der Waals surface area contributed by atoms with Crippen LogP contribution in [-0.2, 0) is 0 Å². The van der Waals surface area contributed by atoms with Crippen LogP contribution in [-0.4, -0.2) is 89.1 Å². The van der Waals surface area contributed by atoms with Crippen LogP contribution in [0.1, 0.15) is 102 Å². The number of alkyl halides is 3. The molecule has 216 valence electrons. The van der Waals surface area contributed by atoms with Crippen molar-refractivity contribution in [3.8, 4) is 0 Å². The maximum Gasteiger partial charge on any atom is 0.101 e. The first-order chi connectivity index (χ1) is 16.2. The molecule has 6 atom stereocenters. The fraction of sp³-hybridized carbons (Fsp3) is 1.00. The van der Waals surface area contributed by atoms with Crippen molar-refractivity contribution < 1.29 is 13.2 Å². The van der Waals surface area contributed by atoms with Gasteiger partial charge >= 0.3 is 0 Å². The molecule has 0 bridgehead atoms. The number of nitrogens with zero attached hydrogens (tertiary/aromatic N) is 3. The Bertz CT molecular complexity index is 531. The topological polar surface area (TPSA) is 9.72 Å². The minimum atomic E-state index is -0.641. The standard InChI is InChI=1S/3C10H20FN/c3*1-8(11)9-5-6-12(7-9)10(2,3)4/h3*8-9H,5-7H2,1-4H3/t2*8?,9-;/m10./s1. The minimum absolute atomic E-state index is 0.212. The Morgan fingerprint density at radius 3 is 0.750 bits per heavy atom. The van der Waals surface area contributed by atoms with E-state index in [2.05, 4.69) is 77.0 Å². The minimum Gasteiger partial charge on any atom is -0.298 e. The van der Waals surface area contributed by atoms with Gasteiger partial charge in [-0.15, -0.1) is 0 Å². The zero-order valence-electron chi connectivity index (χ0n) is 25.8. The summed E-state index contributed by atoms with van der Waals surface area (Å²) in [6.45, 7) is 30.7. The van der Waals surface area contributed by atoms with Gasteiger partial charge in [0.25, 0.3) is 0 Å². The first-order valence-electron chi connectivity index (χ1n) is 14.4. The number of likely N-dealkylation sites (tertiary alicyclic amines) is 3. The van der Waals surface area contributed by atoms with Crippen LogP contribution in [0.5, 0.6) is 0 Å². The molecule has 0 N–H and O–H groups in total. The van der Waals surface area contributed by atoms with E-state index in [0.29, 0.717) is 0 Å². The summed E-state index contributed by atoms with van der Waals surface area (Å²) in [7, 11) is 0. The largest absolute Gasteiger partial charge is 0.298 e. The third-order valence-electron chi connectivity index (χ3n) is 8.47. The van der Waals surface area contributed by atoms with Gasteiger partial charge in [-0.25, -0.2) is 13.2 Å². The molecule has 3 aliphatic heterocycles. The van der Waals surface area contributed by atoms with Crippen molar-refractivity contribution in [3.63, 3.8) is 0 Å². The quantitative estimate of drug-likeness (QED) is 0.385. The highest BCUT2D eigenvalue weighted by molar-refractivity contribution is 4.88. The molecule has 0 radical (unpaired) electrons. The van der Waals surface area contributed by atoms with Crippen molar-refractivity contribution in [2.24, 2.45) is 17.8 Å². The molecule has 0 aromatic heterocycles. The molecule has 36 heavy (non-hydrogen) atoms. The highest BCUT2D eigenvalue weighted by atomic mass is 19.1. The molecule has 3 saturated heterocycles. The smallest absolute Gasteiger partial charge is 0.101 e. The molecule has 0 amide bonds. The Labute approximate surface area is 222 Å². The van der Waals surface area contributed by atoms with Crippen LogP contribution in [0, 0.1) is 17.8 Å². The molecular weight excluding hydrogens is 459 g/mol. The fourth-order valence-corrected chi connectivity index (χ4v) is 5.31. The molecule has 0 aliphatic carbocycles. The monoisotopic (exact) mass is 519 g/mol. The van der Waals surface area contributed by atoms with Crippen molar-refractivity contribution in [3.05, 3.63) is 0 Å². The molecule has 3 heterocycles. The van der Waals surface area contributed by atoms with Crippen LogP contribution in [0.25, 0.3) is 0 Å². The summed E-state index contributed by atoms with van der Waals surface area (Å²) < 4.78 is 38.8. The second-order valence-electron chi connectivity index (χ2n) is 14.5. The Kier molecular flexibility index (Phi) is 12.8. The van der Waals surface area contributed by atoms with E-state index in [0.717, 1.165) is 58.5 Å². The van der Waals surface area contributed by atoms with E-state index in [4.69, 9.17) is 0 Å². The van der Waals surface area contributed by atoms with Gasteiger partial charge in [-0.05, 0) is 122 Å². The second-order valence-corrected chi connectivity index (χ2v) is 14.5. The first kappa shape index (κ1) is 33.7. The highest BCUT2D eigenvalue weighted by Gasteiger charge is 2.34. The lowest BCUT2D eigenvalue weighted by atomic mass is 10.0. The van der Waals surface area contributed by atoms with E-state index in [9.17, 15) is 13.2 Å². The van der Waals surface area contributed by atoms with Gasteiger partial charge in [0.2, 0.25) is 0 Å². The zero-order valence-corrected chi connectivity index (χ0v) is 25.8. The molecule has 0 spiro atoms. The summed E-state index contributed by atoms with van der Waals surface area (Å²) in [6.07, 6.45) is 1.14. The van der Waals surface area contributed by atoms with E-state index in [1.54, 1.807) is 20.8 Å². The van der Waals surface area contributed by atoms with Gasteiger partial charge in [0.05, 0.1) is 0 Å². The Morgan fingerprint density at radius 2 is 0.667 bits per heavy atom. The van der Waals surface area contributed by atoms with Gasteiger partial charge in [-0.2, -0.15) is 0 Å². The van der Waals surface area contributed by atoms with Gasteiger partial charge in [-0.1, -0.05) is 0 Å². The predicted octanol–water partition coefficient (Wildman–Crippen LogP) is 7.39. The lowest BCUT2D eigenvalue weighted by Crippen LogP contribution is -2.39. The molecule has 0 saturated carbocycles. The molecule has 0 aromatic carbocycles. The summed E-state index contributed by atoms with van der Waals surface area (Å²) in [6, 6.07) is 0. The van der Waals surface area contributed by atoms with E-state index in [1.807, 2.05) is 0 Å². The van der Waals surface area contributed by atoms with E-state index in [1.165, 1.54) is 0 Å². The van der Waals surface area contributed by atoms with Gasteiger partial charge < -0.3 is 0 Å². The maximum atomic E-state index is 12.9. The van der Waals surface area contributed by atoms with Crippen LogP contribution in [0.15, 0.2) is 0 Å². The molecule has 3 rings (SSSR count). The zero-order chi connectivity index (χ0) is 28.1. The van der Waals surface area contributed by atoms with Crippen molar-refractivity contribution >= 4 is 0 Å². The lowest BCUT2D eigenvalue weighted by Gasteiger charge is -2.31. The normalized spacial score (nSPS) is 29.2. The average molecular weight is 520 g/mol. The average Bonchev–Trinajstić information content (AvgIpc) is 3.47. The van der Waals surface area contributed by atoms with E-state index in [-0.39, 0.29) is 34.4 Å². The third-order valence-corrected chi connectivity index (χ3v) is 8.47. The third kappa shape index (κ3) is 11.2. The molecule has 0 aromatic rings. The molecule has 6 heteroatoms. The van der Waals surface area contributed by atoms with Crippen molar-refractivity contribution in [1.82, 2.24) is 14.7 Å². The van der Waals surface area contributed by atoms with Crippen molar-refractivity contribution in [2.45, 2.75) is 137 Å². The summed E-state index contributed by atoms with van der Waals surface area (Å²) in [5, 5.41) is 0. The van der Waals surface area contributed by atoms with Crippen LogP contribution in [0.4, 0.5) is 13.2 Å². The van der Waals surface area contributed by atoms with Gasteiger partial charge in [0.15, 0.2) is 0 Å². The maximum absolute atomic E-state index is 12.9. The number of halogens is 3. The van der Waals surface area contributed by atoms with Crippen LogP contribution < -0.4 is 0 Å². The molecule has 4 unspecified atom stereocenters. The number of rotatable bonds is 3. The van der Waals surface area contributed by atoms with Crippen molar-refractivity contribution in [2.75, 3.05) is 39.3 Å². The second kappa shape index (κ2) is 13.6. The molecular formula is C30H60F3N3. The summed E-state index contributed by atoms with van der Waals surface area (Å²) >= 11 is 0. The Balaban J connectivity index is 0.000000270. The van der Waals surface area contributed by atoms with Crippen LogP contribution in [0.3, 0.4) is 0 Å². The van der Waals surface area contributed by atoms with E-state index >= 15 is 0 Å². The first-order valence-corrected chi connectivity index (χ1v) is 14.4. The Hall–Kier alpha value is -0.330. The van der Waals surface area contributed by atoms with Crippen LogP contribution in [0.2, 0.25) is 0 Å². The molecule has 3 nitrogen and oxygen atoms in total. The fourth-order valence-electron chi connectivity index (χ4n) is 5.31. The van der Waals surface area contributed by atoms with Crippen molar-refractivity contribution in [1.29, 1.82) is 0 Å². The highest BCUT2D eigenvalue weighted by Crippen LogP contribution is 2.29. The SMILES string of the molecule is CC(F)C1CCN(C(C)(C)C)C1.CC(F)[C@@H]1CCN(C(C)(C)C)C1.CC(F)[C@H]1CCN(C(C)(C)C)C1. The van der Waals surface area contributed by atoms with Gasteiger partial charge in [0.1, 0.15) is 18.5 Å². The summed E-state index contributed by atoms with van der Waals surface area (Å²) in [4.78, 5) is 7.11. The summed E-state index contributed by atoms with van der Waals surface area (Å²) in [5.74, 6) is 0.803. The number of hydrogen-bond donors (Lipinski definition) is 0. The molecule has 3 aliphatic rings. The summed E-state index contributed by atoms with van der Waals surface area (Å²) in [5.41, 5.74) is 0.636. The lowest BCUT2D eigenvalue weighted by molar-refractivity contribution is 0.154.